The van der Waals surface area contributed by atoms with Gasteiger partial charge in [-0.3, -0.25) is 4.79 Å². The van der Waals surface area contributed by atoms with E-state index < -0.39 is 11.7 Å². The van der Waals surface area contributed by atoms with Crippen LogP contribution in [0.4, 0.5) is 18.9 Å². The molecule has 0 aliphatic carbocycles. The quantitative estimate of drug-likeness (QED) is 0.332. The molecule has 1 aliphatic heterocycles. The number of aromatic nitrogens is 2. The van der Waals surface area contributed by atoms with Gasteiger partial charge in [0.15, 0.2) is 11.5 Å². The van der Waals surface area contributed by atoms with Gasteiger partial charge in [-0.1, -0.05) is 30.3 Å². The summed E-state index contributed by atoms with van der Waals surface area (Å²) < 4.78 is 53.0. The summed E-state index contributed by atoms with van der Waals surface area (Å²) in [4.78, 5) is 19.1. The van der Waals surface area contributed by atoms with Crippen molar-refractivity contribution < 1.29 is 27.4 Å². The molecule has 36 heavy (non-hydrogen) atoms. The molecular weight excluding hydrogens is 471 g/mol. The van der Waals surface area contributed by atoms with Crippen LogP contribution in [0.15, 0.2) is 72.8 Å². The van der Waals surface area contributed by atoms with E-state index in [0.29, 0.717) is 30.5 Å². The molecule has 1 aromatic heterocycles. The Morgan fingerprint density at radius 2 is 1.75 bits per heavy atom. The number of imidazole rings is 1. The summed E-state index contributed by atoms with van der Waals surface area (Å²) in [6.45, 7) is 1.06. The summed E-state index contributed by atoms with van der Waals surface area (Å²) in [5, 5.41) is 0. The molecule has 1 amide bonds. The van der Waals surface area contributed by atoms with E-state index in [9.17, 15) is 18.0 Å². The molecule has 2 heterocycles. The average Bonchev–Trinajstić information content (AvgIpc) is 3.44. The molecule has 1 fully saturated rings. The normalized spacial score (nSPS) is 16.1. The monoisotopic (exact) mass is 495 g/mol. The van der Waals surface area contributed by atoms with Crippen LogP contribution in [-0.2, 0) is 17.5 Å². The third-order valence-corrected chi connectivity index (χ3v) is 6.30. The lowest BCUT2D eigenvalue weighted by molar-refractivity contribution is -0.137. The second-order valence-corrected chi connectivity index (χ2v) is 8.56. The highest BCUT2D eigenvalue weighted by Gasteiger charge is 2.36. The number of fused-ring (bicyclic) bond motifs is 1. The smallest absolute Gasteiger partial charge is 0.416 e. The number of ether oxygens (including phenoxy) is 2. The van der Waals surface area contributed by atoms with Crippen molar-refractivity contribution in [3.05, 3.63) is 84.2 Å². The molecule has 1 atom stereocenters. The minimum absolute atomic E-state index is 0.160. The van der Waals surface area contributed by atoms with Crippen LogP contribution in [0.1, 0.15) is 23.7 Å². The Hall–Kier alpha value is -4.01. The number of halogens is 3. The number of rotatable bonds is 7. The molecular formula is C27H24F3N3O3. The number of amides is 1. The van der Waals surface area contributed by atoms with Gasteiger partial charge in [-0.2, -0.15) is 13.2 Å². The standard InChI is InChI=1S/C27H24F3N3O3/c1-35-23-11-4-5-12-24(23)36-14-13-32-22-10-3-2-9-21(22)31-26(32)18-15-25(34)33(17-18)20-8-6-7-19(16-20)27(28,29)30/h2-12,16,18H,13-15,17H2,1H3/t18-/m1/s1. The zero-order valence-corrected chi connectivity index (χ0v) is 19.5. The Balaban J connectivity index is 1.40. The van der Waals surface area contributed by atoms with Crippen molar-refractivity contribution in [3.63, 3.8) is 0 Å². The number of methoxy groups -OCH3 is 1. The van der Waals surface area contributed by atoms with Gasteiger partial charge in [-0.25, -0.2) is 4.98 Å². The fourth-order valence-corrected chi connectivity index (χ4v) is 4.61. The molecule has 0 N–H and O–H groups in total. The van der Waals surface area contributed by atoms with E-state index >= 15 is 0 Å². The molecule has 9 heteroatoms. The maximum atomic E-state index is 13.2. The summed E-state index contributed by atoms with van der Waals surface area (Å²) in [6, 6.07) is 19.9. The molecule has 4 aromatic rings. The SMILES string of the molecule is COc1ccccc1OCCn1c([C@@H]2CC(=O)N(c3cccc(C(F)(F)F)c3)C2)nc2ccccc21. The van der Waals surface area contributed by atoms with Gasteiger partial charge in [0.05, 0.1) is 30.3 Å². The lowest BCUT2D eigenvalue weighted by Crippen LogP contribution is -2.25. The maximum Gasteiger partial charge on any atom is 0.416 e. The maximum absolute atomic E-state index is 13.2. The number of alkyl halides is 3. The van der Waals surface area contributed by atoms with Gasteiger partial charge < -0.3 is 18.9 Å². The molecule has 0 unspecified atom stereocenters. The van der Waals surface area contributed by atoms with Gasteiger partial charge >= 0.3 is 6.18 Å². The highest BCUT2D eigenvalue weighted by Crippen LogP contribution is 2.36. The number of carbonyl (C=O) groups excluding carboxylic acids is 1. The summed E-state index contributed by atoms with van der Waals surface area (Å²) >= 11 is 0. The van der Waals surface area contributed by atoms with Gasteiger partial charge in [-0.05, 0) is 42.5 Å². The molecule has 1 saturated heterocycles. The number of hydrogen-bond donors (Lipinski definition) is 0. The first-order valence-corrected chi connectivity index (χ1v) is 11.5. The number of carbonyl (C=O) groups is 1. The van der Waals surface area contributed by atoms with E-state index in [4.69, 9.17) is 14.5 Å². The first-order valence-electron chi connectivity index (χ1n) is 11.5. The van der Waals surface area contributed by atoms with Crippen LogP contribution < -0.4 is 14.4 Å². The van der Waals surface area contributed by atoms with Crippen molar-refractivity contribution in [2.24, 2.45) is 0 Å². The van der Waals surface area contributed by atoms with Crippen molar-refractivity contribution in [3.8, 4) is 11.5 Å². The average molecular weight is 496 g/mol. The first kappa shape index (κ1) is 23.7. The van der Waals surface area contributed by atoms with Crippen LogP contribution in [0.3, 0.4) is 0 Å². The first-order chi connectivity index (χ1) is 17.3. The fraction of sp³-hybridized carbons (Fsp3) is 0.259. The van der Waals surface area contributed by atoms with Crippen molar-refractivity contribution in [2.45, 2.75) is 25.1 Å². The molecule has 1 aliphatic rings. The Labute approximate surface area is 205 Å². The Morgan fingerprint density at radius 1 is 1.00 bits per heavy atom. The lowest BCUT2D eigenvalue weighted by atomic mass is 10.1. The van der Waals surface area contributed by atoms with Crippen LogP contribution >= 0.6 is 0 Å². The molecule has 0 spiro atoms. The second-order valence-electron chi connectivity index (χ2n) is 8.56. The van der Waals surface area contributed by atoms with Crippen LogP contribution in [0, 0.1) is 0 Å². The summed E-state index contributed by atoms with van der Waals surface area (Å²) in [5.74, 6) is 1.46. The van der Waals surface area contributed by atoms with Crippen molar-refractivity contribution in [1.29, 1.82) is 0 Å². The van der Waals surface area contributed by atoms with Crippen LogP contribution in [0.2, 0.25) is 0 Å². The highest BCUT2D eigenvalue weighted by atomic mass is 19.4. The zero-order valence-electron chi connectivity index (χ0n) is 19.5. The zero-order chi connectivity index (χ0) is 25.3. The lowest BCUT2D eigenvalue weighted by Gasteiger charge is -2.19. The predicted octanol–water partition coefficient (Wildman–Crippen LogP) is 5.66. The van der Waals surface area contributed by atoms with E-state index in [1.807, 2.05) is 53.1 Å². The highest BCUT2D eigenvalue weighted by molar-refractivity contribution is 5.96. The topological polar surface area (TPSA) is 56.6 Å². The Morgan fingerprint density at radius 3 is 2.53 bits per heavy atom. The molecule has 0 bridgehead atoms. The Bertz CT molecular complexity index is 1400. The third kappa shape index (κ3) is 4.60. The van der Waals surface area contributed by atoms with Crippen molar-refractivity contribution in [1.82, 2.24) is 9.55 Å². The number of para-hydroxylation sites is 4. The minimum atomic E-state index is -4.48. The van der Waals surface area contributed by atoms with Crippen molar-refractivity contribution in [2.75, 3.05) is 25.2 Å². The molecule has 5 rings (SSSR count). The van der Waals surface area contributed by atoms with E-state index in [-0.39, 0.29) is 30.5 Å². The van der Waals surface area contributed by atoms with Gasteiger partial charge in [0, 0.05) is 24.6 Å². The molecule has 0 radical (unpaired) electrons. The molecule has 0 saturated carbocycles. The van der Waals surface area contributed by atoms with Gasteiger partial charge in [-0.15, -0.1) is 0 Å². The molecule has 3 aromatic carbocycles. The second kappa shape index (κ2) is 9.56. The van der Waals surface area contributed by atoms with E-state index in [1.165, 1.54) is 17.0 Å². The molecule has 6 nitrogen and oxygen atoms in total. The van der Waals surface area contributed by atoms with Crippen LogP contribution in [-0.4, -0.2) is 35.7 Å². The number of hydrogen-bond acceptors (Lipinski definition) is 4. The predicted molar refractivity (Wildman–Crippen MR) is 129 cm³/mol. The largest absolute Gasteiger partial charge is 0.493 e. The number of benzene rings is 3. The molecule has 186 valence electrons. The van der Waals surface area contributed by atoms with Gasteiger partial charge in [0.2, 0.25) is 5.91 Å². The van der Waals surface area contributed by atoms with Crippen molar-refractivity contribution >= 4 is 22.6 Å². The van der Waals surface area contributed by atoms with Crippen LogP contribution in [0.25, 0.3) is 11.0 Å². The Kier molecular flexibility index (Phi) is 6.30. The third-order valence-electron chi connectivity index (χ3n) is 6.30. The number of anilines is 1. The minimum Gasteiger partial charge on any atom is -0.493 e. The van der Waals surface area contributed by atoms with E-state index in [2.05, 4.69) is 0 Å². The summed E-state index contributed by atoms with van der Waals surface area (Å²) in [7, 11) is 1.58. The van der Waals surface area contributed by atoms with Crippen LogP contribution in [0.5, 0.6) is 11.5 Å². The van der Waals surface area contributed by atoms with E-state index in [0.717, 1.165) is 23.2 Å². The van der Waals surface area contributed by atoms with E-state index in [1.54, 1.807) is 7.11 Å². The van der Waals surface area contributed by atoms with Gasteiger partial charge in [0.1, 0.15) is 12.4 Å². The summed E-state index contributed by atoms with van der Waals surface area (Å²) in [5.41, 5.74) is 1.15. The summed E-state index contributed by atoms with van der Waals surface area (Å²) in [6.07, 6.45) is -4.32. The number of nitrogens with zero attached hydrogens (tertiary/aromatic N) is 3. The fourth-order valence-electron chi connectivity index (χ4n) is 4.61. The van der Waals surface area contributed by atoms with Gasteiger partial charge in [0.25, 0.3) is 0 Å².